The smallest absolute Gasteiger partial charge is 0.285 e. The van der Waals surface area contributed by atoms with Crippen LogP contribution in [-0.4, -0.2) is 46.4 Å². The van der Waals surface area contributed by atoms with Crippen LogP contribution in [0.15, 0.2) is 0 Å². The molecule has 1 aliphatic heterocycles. The SMILES string of the molecule is CCN(CC)C1NN(C(C)(C)C)C(=O)C1=O. The van der Waals surface area contributed by atoms with Crippen LogP contribution in [0.4, 0.5) is 0 Å². The zero-order chi connectivity index (χ0) is 12.5. The zero-order valence-electron chi connectivity index (χ0n) is 10.7. The molecule has 0 bridgehead atoms. The molecule has 1 heterocycles. The van der Waals surface area contributed by atoms with E-state index in [2.05, 4.69) is 5.43 Å². The summed E-state index contributed by atoms with van der Waals surface area (Å²) in [5.74, 6) is -0.803. The Bertz CT molecular complexity index is 292. The lowest BCUT2D eigenvalue weighted by molar-refractivity contribution is -0.144. The minimum absolute atomic E-state index is 0.362. The summed E-state index contributed by atoms with van der Waals surface area (Å²) in [5, 5.41) is 1.43. The molecule has 1 fully saturated rings. The molecule has 1 unspecified atom stereocenters. The average molecular weight is 227 g/mol. The molecular weight excluding hydrogens is 206 g/mol. The van der Waals surface area contributed by atoms with E-state index in [0.717, 1.165) is 13.1 Å². The molecule has 5 heteroatoms. The molecule has 0 aromatic heterocycles. The highest BCUT2D eigenvalue weighted by atomic mass is 16.2. The summed E-state index contributed by atoms with van der Waals surface area (Å²) < 4.78 is 0. The maximum Gasteiger partial charge on any atom is 0.307 e. The average Bonchev–Trinajstić information content (AvgIpc) is 2.47. The lowest BCUT2D eigenvalue weighted by Gasteiger charge is -2.32. The van der Waals surface area contributed by atoms with Gasteiger partial charge in [-0.25, -0.2) is 5.43 Å². The van der Waals surface area contributed by atoms with Crippen LogP contribution in [0.5, 0.6) is 0 Å². The maximum absolute atomic E-state index is 11.8. The molecule has 16 heavy (non-hydrogen) atoms. The monoisotopic (exact) mass is 227 g/mol. The first-order chi connectivity index (χ1) is 7.32. The van der Waals surface area contributed by atoms with Crippen LogP contribution in [0.3, 0.4) is 0 Å². The second kappa shape index (κ2) is 4.51. The van der Waals surface area contributed by atoms with Crippen molar-refractivity contribution in [2.24, 2.45) is 0 Å². The first kappa shape index (κ1) is 13.1. The number of nitrogens with zero attached hydrogens (tertiary/aromatic N) is 2. The first-order valence-electron chi connectivity index (χ1n) is 5.71. The van der Waals surface area contributed by atoms with Crippen LogP contribution in [0.2, 0.25) is 0 Å². The number of hydrogen-bond donors (Lipinski definition) is 1. The number of hydrogen-bond acceptors (Lipinski definition) is 4. The topological polar surface area (TPSA) is 52.6 Å². The summed E-state index contributed by atoms with van der Waals surface area (Å²) in [6.45, 7) is 11.1. The summed E-state index contributed by atoms with van der Waals surface area (Å²) in [5.41, 5.74) is 2.61. The molecule has 0 saturated carbocycles. The standard InChI is InChI=1S/C11H21N3O2/c1-6-13(7-2)9-8(15)10(16)14(12-9)11(3,4)5/h9,12H,6-7H2,1-5H3. The van der Waals surface area contributed by atoms with E-state index in [4.69, 9.17) is 0 Å². The van der Waals surface area contributed by atoms with Crippen LogP contribution in [-0.2, 0) is 9.59 Å². The van der Waals surface area contributed by atoms with Crippen LogP contribution >= 0.6 is 0 Å². The van der Waals surface area contributed by atoms with Gasteiger partial charge in [0.2, 0.25) is 0 Å². The van der Waals surface area contributed by atoms with Gasteiger partial charge in [-0.1, -0.05) is 13.8 Å². The Morgan fingerprint density at radius 2 is 1.75 bits per heavy atom. The van der Waals surface area contributed by atoms with E-state index in [-0.39, 0.29) is 11.3 Å². The predicted molar refractivity (Wildman–Crippen MR) is 61.5 cm³/mol. The minimum atomic E-state index is -0.498. The van der Waals surface area contributed by atoms with Crippen LogP contribution in [0.25, 0.3) is 0 Å². The lowest BCUT2D eigenvalue weighted by atomic mass is 10.1. The second-order valence-corrected chi connectivity index (χ2v) is 4.93. The highest BCUT2D eigenvalue weighted by Gasteiger charge is 2.45. The van der Waals surface area contributed by atoms with Crippen molar-refractivity contribution < 1.29 is 9.59 Å². The summed E-state index contributed by atoms with van der Waals surface area (Å²) in [6, 6.07) is 0. The van der Waals surface area contributed by atoms with Crippen LogP contribution < -0.4 is 5.43 Å². The number of rotatable bonds is 3. The van der Waals surface area contributed by atoms with Crippen LogP contribution in [0, 0.1) is 0 Å². The van der Waals surface area contributed by atoms with Gasteiger partial charge in [-0.3, -0.25) is 19.5 Å². The lowest BCUT2D eigenvalue weighted by Crippen LogP contribution is -2.53. The van der Waals surface area contributed by atoms with E-state index in [9.17, 15) is 9.59 Å². The fourth-order valence-electron chi connectivity index (χ4n) is 1.80. The molecule has 0 spiro atoms. The number of carbonyl (C=O) groups excluding carboxylic acids is 2. The van der Waals surface area contributed by atoms with Crippen molar-refractivity contribution in [3.05, 3.63) is 0 Å². The largest absolute Gasteiger partial charge is 0.307 e. The highest BCUT2D eigenvalue weighted by Crippen LogP contribution is 2.18. The molecule has 0 aliphatic carbocycles. The Morgan fingerprint density at radius 1 is 1.25 bits per heavy atom. The Balaban J connectivity index is 2.88. The van der Waals surface area contributed by atoms with E-state index in [1.54, 1.807) is 0 Å². The van der Waals surface area contributed by atoms with Gasteiger partial charge in [0.1, 0.15) is 6.17 Å². The van der Waals surface area contributed by atoms with E-state index in [0.29, 0.717) is 0 Å². The number of likely N-dealkylation sites (N-methyl/N-ethyl adjacent to an activating group) is 1. The van der Waals surface area contributed by atoms with Crippen molar-refractivity contribution in [3.63, 3.8) is 0 Å². The molecule has 1 amide bonds. The molecular formula is C11H21N3O2. The van der Waals surface area contributed by atoms with Crippen molar-refractivity contribution in [3.8, 4) is 0 Å². The molecule has 1 rings (SSSR count). The van der Waals surface area contributed by atoms with E-state index in [1.165, 1.54) is 5.01 Å². The molecule has 1 N–H and O–H groups in total. The van der Waals surface area contributed by atoms with Crippen molar-refractivity contribution in [2.75, 3.05) is 13.1 Å². The number of amides is 1. The third kappa shape index (κ3) is 2.25. The fraction of sp³-hybridized carbons (Fsp3) is 0.818. The maximum atomic E-state index is 11.8. The number of ketones is 1. The van der Waals surface area contributed by atoms with Gasteiger partial charge in [-0.2, -0.15) is 0 Å². The van der Waals surface area contributed by atoms with Gasteiger partial charge in [-0.05, 0) is 33.9 Å². The van der Waals surface area contributed by atoms with Gasteiger partial charge < -0.3 is 0 Å². The Hall–Kier alpha value is -0.940. The summed E-state index contributed by atoms with van der Waals surface area (Å²) in [6.07, 6.45) is -0.498. The summed E-state index contributed by atoms with van der Waals surface area (Å²) >= 11 is 0. The van der Waals surface area contributed by atoms with Gasteiger partial charge in [0.15, 0.2) is 0 Å². The zero-order valence-corrected chi connectivity index (χ0v) is 10.7. The highest BCUT2D eigenvalue weighted by molar-refractivity contribution is 6.39. The number of hydrazine groups is 1. The second-order valence-electron chi connectivity index (χ2n) is 4.93. The molecule has 0 aromatic carbocycles. The molecule has 1 saturated heterocycles. The van der Waals surface area contributed by atoms with Crippen LogP contribution in [0.1, 0.15) is 34.6 Å². The summed E-state index contributed by atoms with van der Waals surface area (Å²) in [4.78, 5) is 25.5. The number of Topliss-reactive ketones (excluding diaryl/α,β-unsaturated/α-hetero) is 1. The third-order valence-electron chi connectivity index (χ3n) is 2.76. The first-order valence-corrected chi connectivity index (χ1v) is 5.71. The van der Waals surface area contributed by atoms with Gasteiger partial charge in [0.05, 0.1) is 5.54 Å². The van der Waals surface area contributed by atoms with Gasteiger partial charge >= 0.3 is 5.91 Å². The van der Waals surface area contributed by atoms with Gasteiger partial charge in [0, 0.05) is 0 Å². The number of carbonyl (C=O) groups is 2. The molecule has 0 radical (unpaired) electrons. The fourth-order valence-corrected chi connectivity index (χ4v) is 1.80. The normalized spacial score (nSPS) is 22.4. The third-order valence-corrected chi connectivity index (χ3v) is 2.76. The van der Waals surface area contributed by atoms with Crippen molar-refractivity contribution >= 4 is 11.7 Å². The van der Waals surface area contributed by atoms with Gasteiger partial charge in [-0.15, -0.1) is 0 Å². The Kier molecular flexibility index (Phi) is 3.70. The van der Waals surface area contributed by atoms with Gasteiger partial charge in [0.25, 0.3) is 5.78 Å². The van der Waals surface area contributed by atoms with E-state index in [1.807, 2.05) is 39.5 Å². The van der Waals surface area contributed by atoms with Crippen molar-refractivity contribution in [1.29, 1.82) is 0 Å². The number of nitrogens with one attached hydrogen (secondary N) is 1. The van der Waals surface area contributed by atoms with E-state index < -0.39 is 12.1 Å². The van der Waals surface area contributed by atoms with E-state index >= 15 is 0 Å². The minimum Gasteiger partial charge on any atom is -0.285 e. The quantitative estimate of drug-likeness (QED) is 0.708. The Morgan fingerprint density at radius 3 is 2.06 bits per heavy atom. The molecule has 1 aliphatic rings. The Labute approximate surface area is 96.7 Å². The molecule has 5 nitrogen and oxygen atoms in total. The molecule has 0 aromatic rings. The van der Waals surface area contributed by atoms with Crippen molar-refractivity contribution in [2.45, 2.75) is 46.3 Å². The molecule has 1 atom stereocenters. The van der Waals surface area contributed by atoms with Crippen molar-refractivity contribution in [1.82, 2.24) is 15.3 Å². The predicted octanol–water partition coefficient (Wildman–Crippen LogP) is 0.369. The summed E-state index contributed by atoms with van der Waals surface area (Å²) in [7, 11) is 0. The molecule has 92 valence electrons.